The number of hydrogen-bond acceptors (Lipinski definition) is 3. The maximum Gasteiger partial charge on any atom is 0.307 e. The van der Waals surface area contributed by atoms with Crippen molar-refractivity contribution in [2.75, 3.05) is 5.32 Å². The van der Waals surface area contributed by atoms with Crippen LogP contribution in [0.1, 0.15) is 6.42 Å². The zero-order valence-electron chi connectivity index (χ0n) is 8.07. The van der Waals surface area contributed by atoms with Gasteiger partial charge >= 0.3 is 5.97 Å². The van der Waals surface area contributed by atoms with Gasteiger partial charge in [-0.1, -0.05) is 11.6 Å². The van der Waals surface area contributed by atoms with Crippen LogP contribution < -0.4 is 10.1 Å². The van der Waals surface area contributed by atoms with Crippen LogP contribution in [0.2, 0.25) is 5.02 Å². The summed E-state index contributed by atoms with van der Waals surface area (Å²) in [6.07, 6.45) is -1.36. The van der Waals surface area contributed by atoms with Crippen molar-refractivity contribution in [1.82, 2.24) is 0 Å². The van der Waals surface area contributed by atoms with E-state index in [4.69, 9.17) is 21.4 Å². The number of rotatable bonds is 2. The van der Waals surface area contributed by atoms with Crippen molar-refractivity contribution in [3.05, 3.63) is 23.2 Å². The summed E-state index contributed by atoms with van der Waals surface area (Å²) in [4.78, 5) is 22.0. The van der Waals surface area contributed by atoms with E-state index in [-0.39, 0.29) is 6.42 Å². The van der Waals surface area contributed by atoms with Gasteiger partial charge < -0.3 is 15.2 Å². The van der Waals surface area contributed by atoms with Crippen LogP contribution in [0.3, 0.4) is 0 Å². The minimum atomic E-state index is -1.09. The highest BCUT2D eigenvalue weighted by atomic mass is 35.5. The SMILES string of the molecule is O=C(O)C[C@H]1Oc2ccc(Cl)cc2NC1=O. The number of amides is 1. The Kier molecular flexibility index (Phi) is 2.70. The molecular formula is C10H8ClNO4. The smallest absolute Gasteiger partial charge is 0.307 e. The number of hydrogen-bond donors (Lipinski definition) is 2. The molecule has 1 aliphatic heterocycles. The highest BCUT2D eigenvalue weighted by Gasteiger charge is 2.29. The Morgan fingerprint density at radius 2 is 2.31 bits per heavy atom. The number of carbonyl (C=O) groups is 2. The second-order valence-corrected chi connectivity index (χ2v) is 3.77. The Morgan fingerprint density at radius 3 is 3.00 bits per heavy atom. The zero-order valence-corrected chi connectivity index (χ0v) is 8.82. The van der Waals surface area contributed by atoms with Crippen LogP contribution in [0.25, 0.3) is 0 Å². The summed E-state index contributed by atoms with van der Waals surface area (Å²) < 4.78 is 5.26. The van der Waals surface area contributed by atoms with Crippen molar-refractivity contribution >= 4 is 29.2 Å². The van der Waals surface area contributed by atoms with Crippen molar-refractivity contribution in [2.24, 2.45) is 0 Å². The van der Waals surface area contributed by atoms with Crippen LogP contribution >= 0.6 is 11.6 Å². The number of halogens is 1. The van der Waals surface area contributed by atoms with E-state index >= 15 is 0 Å². The predicted molar refractivity (Wildman–Crippen MR) is 56.8 cm³/mol. The highest BCUT2D eigenvalue weighted by molar-refractivity contribution is 6.31. The molecule has 0 aliphatic carbocycles. The van der Waals surface area contributed by atoms with E-state index in [1.54, 1.807) is 18.2 Å². The number of carbonyl (C=O) groups excluding carboxylic acids is 1. The van der Waals surface area contributed by atoms with Gasteiger partial charge in [0.1, 0.15) is 5.75 Å². The third-order valence-corrected chi connectivity index (χ3v) is 2.36. The average molecular weight is 242 g/mol. The molecular weight excluding hydrogens is 234 g/mol. The number of carboxylic acids is 1. The molecule has 0 bridgehead atoms. The number of fused-ring (bicyclic) bond motifs is 1. The molecule has 0 spiro atoms. The van der Waals surface area contributed by atoms with E-state index in [1.165, 1.54) is 0 Å². The maximum absolute atomic E-state index is 11.5. The summed E-state index contributed by atoms with van der Waals surface area (Å²) in [7, 11) is 0. The highest BCUT2D eigenvalue weighted by Crippen LogP contribution is 2.32. The summed E-state index contributed by atoms with van der Waals surface area (Å²) >= 11 is 5.74. The largest absolute Gasteiger partial charge is 0.481 e. The molecule has 0 fully saturated rings. The Labute approximate surface area is 96.0 Å². The molecule has 1 aliphatic rings. The molecule has 0 radical (unpaired) electrons. The second-order valence-electron chi connectivity index (χ2n) is 3.33. The van der Waals surface area contributed by atoms with Crippen molar-refractivity contribution in [3.63, 3.8) is 0 Å². The molecule has 1 atom stereocenters. The number of carboxylic acid groups (broad SMARTS) is 1. The zero-order chi connectivity index (χ0) is 11.7. The number of aliphatic carboxylic acids is 1. The Hall–Kier alpha value is -1.75. The van der Waals surface area contributed by atoms with Crippen molar-refractivity contribution in [1.29, 1.82) is 0 Å². The quantitative estimate of drug-likeness (QED) is 0.823. The topological polar surface area (TPSA) is 75.6 Å². The summed E-state index contributed by atoms with van der Waals surface area (Å²) in [5, 5.41) is 11.6. The van der Waals surface area contributed by atoms with Gasteiger partial charge in [-0.05, 0) is 18.2 Å². The van der Waals surface area contributed by atoms with Gasteiger partial charge in [0.2, 0.25) is 0 Å². The lowest BCUT2D eigenvalue weighted by Gasteiger charge is -2.24. The first-order chi connectivity index (χ1) is 7.56. The fraction of sp³-hybridized carbons (Fsp3) is 0.200. The molecule has 1 heterocycles. The molecule has 5 nitrogen and oxygen atoms in total. The van der Waals surface area contributed by atoms with Gasteiger partial charge in [-0.3, -0.25) is 9.59 Å². The minimum absolute atomic E-state index is 0.367. The number of benzene rings is 1. The first-order valence-corrected chi connectivity index (χ1v) is 4.93. The van der Waals surface area contributed by atoms with Crippen LogP contribution in [-0.2, 0) is 9.59 Å². The van der Waals surface area contributed by atoms with E-state index in [0.29, 0.717) is 16.5 Å². The van der Waals surface area contributed by atoms with Crippen LogP contribution in [-0.4, -0.2) is 23.1 Å². The molecule has 0 saturated heterocycles. The average Bonchev–Trinajstić information content (AvgIpc) is 2.19. The van der Waals surface area contributed by atoms with Crippen LogP contribution in [0.4, 0.5) is 5.69 Å². The summed E-state index contributed by atoms with van der Waals surface area (Å²) in [5.74, 6) is -1.13. The van der Waals surface area contributed by atoms with Gasteiger partial charge in [0.05, 0.1) is 12.1 Å². The Balaban J connectivity index is 2.25. The van der Waals surface area contributed by atoms with Gasteiger partial charge in [0, 0.05) is 5.02 Å². The molecule has 84 valence electrons. The second kappa shape index (κ2) is 4.02. The molecule has 6 heteroatoms. The van der Waals surface area contributed by atoms with E-state index in [9.17, 15) is 9.59 Å². The molecule has 2 rings (SSSR count). The van der Waals surface area contributed by atoms with E-state index in [0.717, 1.165) is 0 Å². The predicted octanol–water partition coefficient (Wildman–Crippen LogP) is 1.51. The molecule has 0 aromatic heterocycles. The summed E-state index contributed by atoms with van der Waals surface area (Å²) in [6.45, 7) is 0. The Bertz CT molecular complexity index is 460. The fourth-order valence-corrected chi connectivity index (χ4v) is 1.59. The lowest BCUT2D eigenvalue weighted by Crippen LogP contribution is -2.38. The standard InChI is InChI=1S/C10H8ClNO4/c11-5-1-2-7-6(3-5)12-10(15)8(16-7)4-9(13)14/h1-3,8H,4H2,(H,12,15)(H,13,14)/t8-/m1/s1. The maximum atomic E-state index is 11.5. The molecule has 0 saturated carbocycles. The minimum Gasteiger partial charge on any atom is -0.481 e. The van der Waals surface area contributed by atoms with Crippen molar-refractivity contribution in [2.45, 2.75) is 12.5 Å². The van der Waals surface area contributed by atoms with E-state index in [1.807, 2.05) is 0 Å². The molecule has 0 unspecified atom stereocenters. The number of anilines is 1. The molecule has 1 aromatic rings. The lowest BCUT2D eigenvalue weighted by molar-refractivity contribution is -0.142. The van der Waals surface area contributed by atoms with Crippen LogP contribution in [0.5, 0.6) is 5.75 Å². The molecule has 2 N–H and O–H groups in total. The molecule has 1 aromatic carbocycles. The fourth-order valence-electron chi connectivity index (χ4n) is 1.42. The Morgan fingerprint density at radius 1 is 1.56 bits per heavy atom. The van der Waals surface area contributed by atoms with E-state index < -0.39 is 18.0 Å². The summed E-state index contributed by atoms with van der Waals surface area (Å²) in [6, 6.07) is 4.74. The van der Waals surface area contributed by atoms with Gasteiger partial charge in [-0.25, -0.2) is 0 Å². The van der Waals surface area contributed by atoms with Gasteiger partial charge in [-0.15, -0.1) is 0 Å². The molecule has 16 heavy (non-hydrogen) atoms. The number of ether oxygens (including phenoxy) is 1. The number of nitrogens with one attached hydrogen (secondary N) is 1. The van der Waals surface area contributed by atoms with E-state index in [2.05, 4.69) is 5.32 Å². The third-order valence-electron chi connectivity index (χ3n) is 2.12. The van der Waals surface area contributed by atoms with Crippen LogP contribution in [0.15, 0.2) is 18.2 Å². The summed E-state index contributed by atoms with van der Waals surface area (Å²) in [5.41, 5.74) is 0.458. The van der Waals surface area contributed by atoms with Gasteiger partial charge in [0.15, 0.2) is 6.10 Å². The normalized spacial score (nSPS) is 18.3. The van der Waals surface area contributed by atoms with Gasteiger partial charge in [-0.2, -0.15) is 0 Å². The lowest BCUT2D eigenvalue weighted by atomic mass is 10.1. The van der Waals surface area contributed by atoms with Crippen molar-refractivity contribution < 1.29 is 19.4 Å². The van der Waals surface area contributed by atoms with Gasteiger partial charge in [0.25, 0.3) is 5.91 Å². The monoisotopic (exact) mass is 241 g/mol. The van der Waals surface area contributed by atoms with Crippen LogP contribution in [0, 0.1) is 0 Å². The first kappa shape index (κ1) is 10.8. The first-order valence-electron chi connectivity index (χ1n) is 4.55. The third kappa shape index (κ3) is 2.09. The molecule has 1 amide bonds. The van der Waals surface area contributed by atoms with Crippen molar-refractivity contribution in [3.8, 4) is 5.75 Å².